The van der Waals surface area contributed by atoms with Gasteiger partial charge in [-0.15, -0.1) is 0 Å². The molecule has 0 aliphatic heterocycles. The molecule has 0 radical (unpaired) electrons. The number of carbonyl (C=O) groups is 2. The van der Waals surface area contributed by atoms with Crippen molar-refractivity contribution in [3.05, 3.63) is 58.6 Å². The predicted octanol–water partition coefficient (Wildman–Crippen LogP) is 4.76. The smallest absolute Gasteiger partial charge is 0.352 e. The third-order valence-corrected chi connectivity index (χ3v) is 2.91. The number of anilines is 2. The van der Waals surface area contributed by atoms with Crippen molar-refractivity contribution < 1.29 is 19.4 Å². The predicted molar refractivity (Wildman–Crippen MR) is 89.7 cm³/mol. The molecule has 2 rings (SSSR count). The summed E-state index contributed by atoms with van der Waals surface area (Å²) in [6.45, 7) is 2.28. The van der Waals surface area contributed by atoms with Gasteiger partial charge in [0.1, 0.15) is 0 Å². The Morgan fingerprint density at radius 3 is 1.74 bits per heavy atom. The first-order valence-electron chi connectivity index (χ1n) is 6.52. The van der Waals surface area contributed by atoms with Crippen LogP contribution in [0.25, 0.3) is 0 Å². The second-order valence-electron chi connectivity index (χ2n) is 4.24. The zero-order chi connectivity index (χ0) is 17.2. The summed E-state index contributed by atoms with van der Waals surface area (Å²) in [5.74, 6) is -1.28. The van der Waals surface area contributed by atoms with Gasteiger partial charge in [-0.05, 0) is 24.3 Å². The van der Waals surface area contributed by atoms with Crippen molar-refractivity contribution in [1.82, 2.24) is 0 Å². The minimum Gasteiger partial charge on any atom is -0.353 e. The molecule has 122 valence electrons. The number of para-hydroxylation sites is 2. The van der Waals surface area contributed by atoms with Crippen LogP contribution in [0.15, 0.2) is 48.5 Å². The van der Waals surface area contributed by atoms with Gasteiger partial charge >= 0.3 is 11.9 Å². The average Bonchev–Trinajstić information content (AvgIpc) is 2.51. The summed E-state index contributed by atoms with van der Waals surface area (Å²) in [5, 5.41) is 4.41. The van der Waals surface area contributed by atoms with Crippen LogP contribution in [0.1, 0.15) is 13.8 Å². The van der Waals surface area contributed by atoms with Gasteiger partial charge in [0.15, 0.2) is 0 Å². The maximum absolute atomic E-state index is 9.85. The van der Waals surface area contributed by atoms with Gasteiger partial charge in [-0.3, -0.25) is 0 Å². The quantitative estimate of drug-likeness (QED) is 0.621. The molecule has 2 aromatic carbocycles. The van der Waals surface area contributed by atoms with E-state index in [9.17, 15) is 9.59 Å². The highest BCUT2D eigenvalue weighted by atomic mass is 35.5. The van der Waals surface area contributed by atoms with Crippen molar-refractivity contribution in [2.75, 3.05) is 5.32 Å². The zero-order valence-electron chi connectivity index (χ0n) is 12.5. The number of hydrogen-bond acceptors (Lipinski definition) is 5. The van der Waals surface area contributed by atoms with Gasteiger partial charge in [0.05, 0.1) is 15.7 Å². The van der Waals surface area contributed by atoms with Gasteiger partial charge in [-0.1, -0.05) is 47.5 Å². The molecule has 0 aromatic heterocycles. The lowest BCUT2D eigenvalue weighted by Crippen LogP contribution is -2.03. The zero-order valence-corrected chi connectivity index (χ0v) is 14.0. The molecule has 0 unspecified atom stereocenters. The molecule has 0 aliphatic carbocycles. The van der Waals surface area contributed by atoms with Crippen molar-refractivity contribution in [3.63, 3.8) is 0 Å². The first kappa shape index (κ1) is 18.8. The van der Waals surface area contributed by atoms with Crippen molar-refractivity contribution in [1.29, 1.82) is 0 Å². The Hall–Kier alpha value is -2.24. The number of halogens is 2. The lowest BCUT2D eigenvalue weighted by atomic mass is 10.2. The van der Waals surface area contributed by atoms with E-state index in [0.717, 1.165) is 25.2 Å². The fourth-order valence-electron chi connectivity index (χ4n) is 1.40. The van der Waals surface area contributed by atoms with Gasteiger partial charge in [0, 0.05) is 19.5 Å². The van der Waals surface area contributed by atoms with Gasteiger partial charge in [-0.25, -0.2) is 19.4 Å². The van der Waals surface area contributed by atoms with Crippen LogP contribution in [0.3, 0.4) is 0 Å². The maximum atomic E-state index is 9.85. The molecule has 7 heteroatoms. The molecule has 0 heterocycles. The average molecular weight is 356 g/mol. The SMILES string of the molecule is CC(=O)OOC(C)=O.Clc1cccc(Cl)c1Nc1ccccc1. The second-order valence-corrected chi connectivity index (χ2v) is 5.05. The highest BCUT2D eigenvalue weighted by Gasteiger charge is 2.04. The molecule has 0 aliphatic rings. The summed E-state index contributed by atoms with van der Waals surface area (Å²) in [6.07, 6.45) is 0. The Morgan fingerprint density at radius 2 is 1.30 bits per heavy atom. The molecule has 0 amide bonds. The number of carbonyl (C=O) groups excluding carboxylic acids is 2. The summed E-state index contributed by atoms with van der Waals surface area (Å²) in [7, 11) is 0. The number of hydrogen-bond donors (Lipinski definition) is 1. The molecule has 2 aromatic rings. The summed E-state index contributed by atoms with van der Waals surface area (Å²) in [4.78, 5) is 27.3. The maximum Gasteiger partial charge on any atom is 0.352 e. The van der Waals surface area contributed by atoms with Crippen molar-refractivity contribution in [3.8, 4) is 0 Å². The first-order valence-corrected chi connectivity index (χ1v) is 7.27. The monoisotopic (exact) mass is 355 g/mol. The third kappa shape index (κ3) is 7.54. The van der Waals surface area contributed by atoms with Gasteiger partial charge in [0.25, 0.3) is 0 Å². The molecular weight excluding hydrogens is 341 g/mol. The minimum atomic E-state index is -0.639. The molecule has 0 saturated heterocycles. The van der Waals surface area contributed by atoms with E-state index in [1.807, 2.05) is 36.4 Å². The molecule has 1 N–H and O–H groups in total. The van der Waals surface area contributed by atoms with Crippen LogP contribution < -0.4 is 5.32 Å². The van der Waals surface area contributed by atoms with E-state index < -0.39 is 11.9 Å². The highest BCUT2D eigenvalue weighted by molar-refractivity contribution is 6.39. The largest absolute Gasteiger partial charge is 0.353 e. The van der Waals surface area contributed by atoms with Crippen LogP contribution in [0.4, 0.5) is 11.4 Å². The number of nitrogens with one attached hydrogen (secondary N) is 1. The van der Waals surface area contributed by atoms with E-state index >= 15 is 0 Å². The van der Waals surface area contributed by atoms with E-state index in [0.29, 0.717) is 10.0 Å². The normalized spacial score (nSPS) is 9.22. The van der Waals surface area contributed by atoms with Gasteiger partial charge in [-0.2, -0.15) is 0 Å². The molecule has 5 nitrogen and oxygen atoms in total. The Balaban J connectivity index is 0.000000284. The first-order chi connectivity index (χ1) is 10.9. The van der Waals surface area contributed by atoms with Crippen LogP contribution in [0.5, 0.6) is 0 Å². The third-order valence-electron chi connectivity index (χ3n) is 2.28. The molecule has 0 saturated carbocycles. The summed E-state index contributed by atoms with van der Waals surface area (Å²) >= 11 is 12.1. The summed E-state index contributed by atoms with van der Waals surface area (Å²) < 4.78 is 0. The van der Waals surface area contributed by atoms with Gasteiger partial charge < -0.3 is 5.32 Å². The Morgan fingerprint density at radius 1 is 0.826 bits per heavy atom. The van der Waals surface area contributed by atoms with Crippen LogP contribution in [-0.2, 0) is 19.4 Å². The van der Waals surface area contributed by atoms with E-state index in [1.165, 1.54) is 0 Å². The molecular formula is C16H15Cl2NO4. The standard InChI is InChI=1S/C12H9Cl2N.C4H6O4/c13-10-7-4-8-11(14)12(10)15-9-5-2-1-3-6-9;1-3(5)7-8-4(2)6/h1-8,15H;1-2H3. The van der Waals surface area contributed by atoms with E-state index in [-0.39, 0.29) is 0 Å². The molecule has 0 fully saturated rings. The molecule has 0 bridgehead atoms. The Labute approximate surface area is 144 Å². The van der Waals surface area contributed by atoms with E-state index in [1.54, 1.807) is 12.1 Å². The topological polar surface area (TPSA) is 64.6 Å². The highest BCUT2D eigenvalue weighted by Crippen LogP contribution is 2.32. The van der Waals surface area contributed by atoms with Crippen molar-refractivity contribution in [2.24, 2.45) is 0 Å². The lowest BCUT2D eigenvalue weighted by molar-refractivity contribution is -0.255. The number of rotatable bonds is 2. The van der Waals surface area contributed by atoms with Crippen molar-refractivity contribution >= 4 is 46.5 Å². The minimum absolute atomic E-state index is 0.617. The van der Waals surface area contributed by atoms with Crippen LogP contribution in [0.2, 0.25) is 10.0 Å². The van der Waals surface area contributed by atoms with Crippen LogP contribution in [-0.4, -0.2) is 11.9 Å². The van der Waals surface area contributed by atoms with E-state index in [2.05, 4.69) is 15.1 Å². The Bertz CT molecular complexity index is 628. The summed E-state index contributed by atoms with van der Waals surface area (Å²) in [6, 6.07) is 15.2. The van der Waals surface area contributed by atoms with Crippen LogP contribution in [0, 0.1) is 0 Å². The fourth-order valence-corrected chi connectivity index (χ4v) is 1.89. The van der Waals surface area contributed by atoms with E-state index in [4.69, 9.17) is 23.2 Å². The second kappa shape index (κ2) is 9.71. The fraction of sp³-hybridized carbons (Fsp3) is 0.125. The molecule has 0 spiro atoms. The van der Waals surface area contributed by atoms with Crippen molar-refractivity contribution in [2.45, 2.75) is 13.8 Å². The van der Waals surface area contributed by atoms with Gasteiger partial charge in [0.2, 0.25) is 0 Å². The molecule has 23 heavy (non-hydrogen) atoms. The Kier molecular flexibility index (Phi) is 7.94. The molecule has 0 atom stereocenters. The van der Waals surface area contributed by atoms with Crippen LogP contribution >= 0.6 is 23.2 Å². The lowest BCUT2D eigenvalue weighted by Gasteiger charge is -2.09. The number of benzene rings is 2. The summed E-state index contributed by atoms with van der Waals surface area (Å²) in [5.41, 5.74) is 1.71.